The normalized spacial score (nSPS) is 12.6. The van der Waals surface area contributed by atoms with Gasteiger partial charge in [0.25, 0.3) is 6.33 Å². The predicted octanol–water partition coefficient (Wildman–Crippen LogP) is 21.0. The van der Waals surface area contributed by atoms with Crippen LogP contribution < -0.4 is 9.30 Å². The second-order valence-electron chi connectivity index (χ2n) is 24.6. The molecule has 0 spiro atoms. The van der Waals surface area contributed by atoms with Crippen molar-refractivity contribution in [2.75, 3.05) is 0 Å². The van der Waals surface area contributed by atoms with Crippen LogP contribution in [0.5, 0.6) is 11.5 Å². The molecule has 0 radical (unpaired) electrons. The number of para-hydroxylation sites is 8. The van der Waals surface area contributed by atoms with Crippen LogP contribution in [0.1, 0.15) is 29.1 Å². The fourth-order valence-electron chi connectivity index (χ4n) is 14.1. The van der Waals surface area contributed by atoms with Crippen LogP contribution >= 0.6 is 0 Å². The molecule has 0 saturated carbocycles. The summed E-state index contributed by atoms with van der Waals surface area (Å²) in [5, 5.41) is 8.74. The number of pyridine rings is 1. The van der Waals surface area contributed by atoms with Gasteiger partial charge in [0.2, 0.25) is 0 Å². The van der Waals surface area contributed by atoms with Crippen molar-refractivity contribution in [1.82, 2.24) is 23.3 Å². The Labute approximate surface area is 527 Å². The third-order valence-corrected chi connectivity index (χ3v) is 17.9. The lowest BCUT2D eigenvalue weighted by Gasteiger charge is -2.22. The van der Waals surface area contributed by atoms with Crippen molar-refractivity contribution in [2.24, 2.45) is 5.41 Å². The molecular formula is C83H58N6O2. The molecule has 0 aliphatic carbocycles. The van der Waals surface area contributed by atoms with Gasteiger partial charge in [0.05, 0.1) is 55.5 Å². The molecule has 0 atom stereocenters. The van der Waals surface area contributed by atoms with E-state index in [1.165, 1.54) is 0 Å². The van der Waals surface area contributed by atoms with Gasteiger partial charge in [0, 0.05) is 75.0 Å². The van der Waals surface area contributed by atoms with Crippen LogP contribution in [-0.4, -0.2) is 23.3 Å². The topological polar surface area (TPSA) is 58.9 Å². The smallest absolute Gasteiger partial charge is 0.269 e. The summed E-state index contributed by atoms with van der Waals surface area (Å²) < 4.78 is 45.2. The molecule has 0 bridgehead atoms. The number of nitrogens with zero attached hydrogens (tertiary/aromatic N) is 6. The number of hydrogen-bond acceptors (Lipinski definition) is 3. The molecule has 0 aliphatic rings. The molecule has 0 unspecified atom stereocenters. The Morgan fingerprint density at radius 2 is 0.967 bits per heavy atom. The van der Waals surface area contributed by atoms with E-state index in [2.05, 4.69) is 260 Å². The summed E-state index contributed by atoms with van der Waals surface area (Å²) in [4.78, 5) is 5.43. The van der Waals surface area contributed by atoms with Gasteiger partial charge >= 0.3 is 0 Å². The molecule has 432 valence electrons. The molecule has 18 aromatic rings. The summed E-state index contributed by atoms with van der Waals surface area (Å²) in [5.41, 5.74) is 16.9. The van der Waals surface area contributed by atoms with E-state index in [4.69, 9.17) is 14.1 Å². The van der Waals surface area contributed by atoms with Gasteiger partial charge in [-0.2, -0.15) is 0 Å². The molecule has 0 fully saturated rings. The highest BCUT2D eigenvalue weighted by Crippen LogP contribution is 2.43. The monoisotopic (exact) mass is 1170 g/mol. The maximum absolute atomic E-state index is 10.3. The van der Waals surface area contributed by atoms with Crippen LogP contribution in [0.3, 0.4) is 0 Å². The minimum absolute atomic E-state index is 0.532. The lowest BCUT2D eigenvalue weighted by Crippen LogP contribution is -2.30. The number of rotatable bonds is 10. The van der Waals surface area contributed by atoms with Gasteiger partial charge in [0.1, 0.15) is 28.5 Å². The Morgan fingerprint density at radius 1 is 0.429 bits per heavy atom. The third-order valence-electron chi connectivity index (χ3n) is 17.9. The van der Waals surface area contributed by atoms with Crippen molar-refractivity contribution >= 4 is 98.4 Å². The average Bonchev–Trinajstić information content (AvgIpc) is 1.63. The molecular weight excluding hydrogens is 1110 g/mol. The first-order valence-corrected chi connectivity index (χ1v) is 30.9. The van der Waals surface area contributed by atoms with Gasteiger partial charge < -0.3 is 18.3 Å². The fourth-order valence-corrected chi connectivity index (χ4v) is 14.1. The summed E-state index contributed by atoms with van der Waals surface area (Å²) in [6.07, 6.45) is 3.85. The second-order valence-corrected chi connectivity index (χ2v) is 24.6. The highest BCUT2D eigenvalue weighted by Gasteiger charge is 2.25. The summed E-state index contributed by atoms with van der Waals surface area (Å²) in [6, 6.07) is 97.1. The predicted molar refractivity (Wildman–Crippen MR) is 372 cm³/mol. The molecule has 6 aromatic heterocycles. The quantitative estimate of drug-likeness (QED) is 0.101. The Morgan fingerprint density at radius 3 is 1.59 bits per heavy atom. The van der Waals surface area contributed by atoms with Crippen molar-refractivity contribution in [3.8, 4) is 62.3 Å². The van der Waals surface area contributed by atoms with Crippen molar-refractivity contribution in [1.29, 1.82) is 0 Å². The summed E-state index contributed by atoms with van der Waals surface area (Å²) in [7, 11) is 0. The number of ether oxygens (including phenoxy) is 1. The van der Waals surface area contributed by atoms with Crippen LogP contribution in [0.15, 0.2) is 290 Å². The molecule has 18 rings (SSSR count). The Bertz CT molecular complexity index is 5840. The molecule has 91 heavy (non-hydrogen) atoms. The summed E-state index contributed by atoms with van der Waals surface area (Å²) in [5.74, 6) is 1.87. The SMILES string of the molecule is [2H]C([2H])(c1cc(-n2c3ccccc3c3ccc(Oc4cccc(-n5[c-][n+](-c6c(-c7ccccc7)ccc7oc8ccccc8c67)c6ccccc65)c4)cc32)ncc1-c1cc(-n2c3ccccc3c3ccccc32)cc(-n2c3ccccc3c3ccccc32)c1)C(C)(C)C. The maximum Gasteiger partial charge on any atom is 0.269 e. The molecule has 0 saturated heterocycles. The number of imidazole rings is 1. The van der Waals surface area contributed by atoms with Crippen molar-refractivity contribution in [2.45, 2.75) is 27.1 Å². The number of fused-ring (bicyclic) bond motifs is 13. The number of furan rings is 1. The van der Waals surface area contributed by atoms with Gasteiger partial charge in [-0.05, 0) is 131 Å². The van der Waals surface area contributed by atoms with Crippen LogP contribution in [-0.2, 0) is 6.37 Å². The third kappa shape index (κ3) is 8.51. The van der Waals surface area contributed by atoms with Gasteiger partial charge in [-0.3, -0.25) is 13.7 Å². The number of benzene rings is 12. The van der Waals surface area contributed by atoms with Gasteiger partial charge in [-0.1, -0.05) is 197 Å². The highest BCUT2D eigenvalue weighted by molar-refractivity contribution is 6.13. The second kappa shape index (κ2) is 20.4. The Hall–Kier alpha value is -11.7. The lowest BCUT2D eigenvalue weighted by atomic mass is 9.85. The Balaban J connectivity index is 0.786. The highest BCUT2D eigenvalue weighted by atomic mass is 16.5. The summed E-state index contributed by atoms with van der Waals surface area (Å²) >= 11 is 0. The van der Waals surface area contributed by atoms with Gasteiger partial charge in [0.15, 0.2) is 0 Å². The number of hydrogen-bond donors (Lipinski definition) is 0. The van der Waals surface area contributed by atoms with E-state index in [9.17, 15) is 2.74 Å². The van der Waals surface area contributed by atoms with Crippen molar-refractivity contribution < 1.29 is 16.5 Å². The summed E-state index contributed by atoms with van der Waals surface area (Å²) in [6.45, 7) is 5.94. The van der Waals surface area contributed by atoms with E-state index in [0.717, 1.165) is 138 Å². The fraction of sp³-hybridized carbons (Fsp3) is 0.0602. The molecule has 12 aromatic carbocycles. The van der Waals surface area contributed by atoms with E-state index in [1.807, 2.05) is 75.5 Å². The van der Waals surface area contributed by atoms with Crippen LogP contribution in [0.2, 0.25) is 0 Å². The lowest BCUT2D eigenvalue weighted by molar-refractivity contribution is -0.570. The molecule has 8 heteroatoms. The standard InChI is InChI=1S/C83H58N6O2/c1-83(2,3)50-55-46-80(84-51-69(55)54-44-57(87-70-32-13-7-26-62(70)63-27-8-14-33-71(63)87)47-58(45-54)88-72-34-15-9-28-64(72)65-29-10-16-35-73(65)88)89-74-36-17-11-30-66(74)67-41-40-60(49-77(67)89)90-59-25-21-24-56(48-59)85-52-86(76-38-19-18-37-75(76)85)82-61(53-22-5-4-6-23-53)42-43-79-81(82)68-31-12-20-39-78(68)91-79/h4-49,51H,50H2,1-3H3/i50D2. The minimum Gasteiger partial charge on any atom is -0.458 e. The first kappa shape index (κ1) is 50.3. The zero-order chi connectivity index (χ0) is 62.3. The largest absolute Gasteiger partial charge is 0.458 e. The molecule has 8 nitrogen and oxygen atoms in total. The first-order valence-electron chi connectivity index (χ1n) is 31.9. The molecule has 0 amide bonds. The van der Waals surface area contributed by atoms with Crippen LogP contribution in [0.25, 0.3) is 149 Å². The van der Waals surface area contributed by atoms with Crippen molar-refractivity contribution in [3.63, 3.8) is 0 Å². The van der Waals surface area contributed by atoms with E-state index in [1.54, 1.807) is 0 Å². The van der Waals surface area contributed by atoms with Gasteiger partial charge in [-0.15, -0.1) is 0 Å². The zero-order valence-electron chi connectivity index (χ0n) is 52.1. The van der Waals surface area contributed by atoms with E-state index < -0.39 is 11.8 Å². The molecule has 0 N–H and O–H groups in total. The zero-order valence-corrected chi connectivity index (χ0v) is 50.1. The van der Waals surface area contributed by atoms with Crippen molar-refractivity contribution in [3.05, 3.63) is 297 Å². The van der Waals surface area contributed by atoms with E-state index in [-0.39, 0.29) is 0 Å². The number of aromatic nitrogens is 6. The average molecular weight is 1170 g/mol. The Kier molecular flexibility index (Phi) is 11.3. The van der Waals surface area contributed by atoms with Gasteiger partial charge in [-0.25, -0.2) is 4.98 Å². The first-order chi connectivity index (χ1) is 45.5. The van der Waals surface area contributed by atoms with E-state index in [0.29, 0.717) is 28.4 Å². The van der Waals surface area contributed by atoms with Crippen LogP contribution in [0, 0.1) is 11.7 Å². The van der Waals surface area contributed by atoms with Crippen LogP contribution in [0.4, 0.5) is 0 Å². The minimum atomic E-state index is -1.86. The molecule has 0 aliphatic heterocycles. The van der Waals surface area contributed by atoms with E-state index >= 15 is 0 Å². The molecule has 6 heterocycles. The maximum atomic E-state index is 10.3.